The fourth-order valence-corrected chi connectivity index (χ4v) is 2.93. The molecular weight excluding hydrogens is 344 g/mol. The molecule has 2 aromatic carbocycles. The monoisotopic (exact) mass is 376 g/mol. The summed E-state index contributed by atoms with van der Waals surface area (Å²) in [4.78, 5) is 0. The second kappa shape index (κ2) is 12.7. The van der Waals surface area contributed by atoms with Gasteiger partial charge in [0.05, 0.1) is 0 Å². The molecule has 0 aliphatic carbocycles. The van der Waals surface area contributed by atoms with Crippen molar-refractivity contribution >= 4 is 0 Å². The zero-order valence-corrected chi connectivity index (χ0v) is 16.8. The van der Waals surface area contributed by atoms with Crippen LogP contribution < -0.4 is 15.8 Å². The number of ether oxygens (including phenoxy) is 1. The molecule has 0 spiro atoms. The number of rotatable bonds is 12. The Morgan fingerprint density at radius 2 is 1.86 bits per heavy atom. The minimum absolute atomic E-state index is 0.136. The molecule has 2 aromatic rings. The van der Waals surface area contributed by atoms with Gasteiger partial charge >= 0.3 is 0 Å². The Kier molecular flexibility index (Phi) is 9.84. The van der Waals surface area contributed by atoms with Crippen LogP contribution in [0, 0.1) is 0 Å². The minimum atomic E-state index is 0.136. The van der Waals surface area contributed by atoms with Gasteiger partial charge in [0.1, 0.15) is 12.4 Å². The van der Waals surface area contributed by atoms with E-state index in [-0.39, 0.29) is 6.04 Å². The zero-order valence-electron chi connectivity index (χ0n) is 16.8. The van der Waals surface area contributed by atoms with Crippen LogP contribution in [-0.4, -0.2) is 19.1 Å². The Balaban J connectivity index is 1.69. The van der Waals surface area contributed by atoms with Crippen molar-refractivity contribution in [2.75, 3.05) is 13.1 Å². The van der Waals surface area contributed by atoms with Crippen LogP contribution in [0.15, 0.2) is 91.1 Å². The molecule has 0 saturated carbocycles. The summed E-state index contributed by atoms with van der Waals surface area (Å²) in [5.41, 5.74) is 9.92. The normalized spacial score (nSPS) is 12.9. The Labute approximate surface area is 169 Å². The van der Waals surface area contributed by atoms with Crippen molar-refractivity contribution in [3.63, 3.8) is 0 Å². The van der Waals surface area contributed by atoms with Gasteiger partial charge in [-0.3, -0.25) is 0 Å². The Morgan fingerprint density at radius 3 is 2.54 bits per heavy atom. The molecule has 3 nitrogen and oxygen atoms in total. The highest BCUT2D eigenvalue weighted by Gasteiger charge is 2.05. The molecule has 0 saturated heterocycles. The first-order valence-corrected chi connectivity index (χ1v) is 9.87. The van der Waals surface area contributed by atoms with Crippen LogP contribution in [-0.2, 0) is 13.0 Å². The maximum atomic E-state index is 6.30. The highest BCUT2D eigenvalue weighted by Crippen LogP contribution is 2.15. The molecular formula is C25H32N2O. The SMILES string of the molecule is C=C/C=C(\C=C/C)CNCCC(N)Cc1ccc(OCc2ccccc2)cc1. The molecule has 0 radical (unpaired) electrons. The van der Waals surface area contributed by atoms with Crippen molar-refractivity contribution in [3.05, 3.63) is 102 Å². The first-order chi connectivity index (χ1) is 13.7. The Morgan fingerprint density at radius 1 is 1.11 bits per heavy atom. The van der Waals surface area contributed by atoms with Crippen LogP contribution in [0.1, 0.15) is 24.5 Å². The van der Waals surface area contributed by atoms with E-state index < -0.39 is 0 Å². The topological polar surface area (TPSA) is 47.3 Å². The predicted molar refractivity (Wildman–Crippen MR) is 119 cm³/mol. The zero-order chi connectivity index (χ0) is 20.0. The third-order valence-electron chi connectivity index (χ3n) is 4.40. The highest BCUT2D eigenvalue weighted by molar-refractivity contribution is 5.28. The quantitative estimate of drug-likeness (QED) is 0.413. The number of benzene rings is 2. The van der Waals surface area contributed by atoms with Crippen LogP contribution in [0.2, 0.25) is 0 Å². The van der Waals surface area contributed by atoms with Gasteiger partial charge in [0.15, 0.2) is 0 Å². The maximum Gasteiger partial charge on any atom is 0.119 e. The van der Waals surface area contributed by atoms with Gasteiger partial charge in [-0.2, -0.15) is 0 Å². The van der Waals surface area contributed by atoms with Crippen molar-refractivity contribution in [2.24, 2.45) is 5.73 Å². The van der Waals surface area contributed by atoms with Gasteiger partial charge in [0, 0.05) is 12.6 Å². The first kappa shape index (κ1) is 21.7. The average molecular weight is 377 g/mol. The van der Waals surface area contributed by atoms with Crippen LogP contribution in [0.25, 0.3) is 0 Å². The van der Waals surface area contributed by atoms with E-state index in [0.29, 0.717) is 6.61 Å². The predicted octanol–water partition coefficient (Wildman–Crippen LogP) is 4.80. The van der Waals surface area contributed by atoms with Gasteiger partial charge in [-0.15, -0.1) is 0 Å². The van der Waals surface area contributed by atoms with Gasteiger partial charge in [0.25, 0.3) is 0 Å². The van der Waals surface area contributed by atoms with Crippen molar-refractivity contribution < 1.29 is 4.74 Å². The van der Waals surface area contributed by atoms with Crippen LogP contribution >= 0.6 is 0 Å². The molecule has 0 bridgehead atoms. The molecule has 0 aliphatic rings. The lowest BCUT2D eigenvalue weighted by Crippen LogP contribution is -2.29. The molecule has 1 unspecified atom stereocenters. The third-order valence-corrected chi connectivity index (χ3v) is 4.40. The molecule has 3 heteroatoms. The lowest BCUT2D eigenvalue weighted by atomic mass is 10.0. The van der Waals surface area contributed by atoms with Crippen LogP contribution in [0.3, 0.4) is 0 Å². The second-order valence-electron chi connectivity index (χ2n) is 6.83. The van der Waals surface area contributed by atoms with Crippen molar-refractivity contribution in [1.29, 1.82) is 0 Å². The van der Waals surface area contributed by atoms with Crippen molar-refractivity contribution in [2.45, 2.75) is 32.4 Å². The summed E-state index contributed by atoms with van der Waals surface area (Å²) in [5.74, 6) is 0.883. The Bertz CT molecular complexity index is 748. The number of nitrogens with two attached hydrogens (primary N) is 1. The first-order valence-electron chi connectivity index (χ1n) is 9.87. The number of nitrogens with one attached hydrogen (secondary N) is 1. The fourth-order valence-electron chi connectivity index (χ4n) is 2.93. The molecule has 2 rings (SSSR count). The molecule has 0 heterocycles. The molecule has 0 amide bonds. The van der Waals surface area contributed by atoms with Gasteiger partial charge in [-0.1, -0.05) is 73.3 Å². The molecule has 0 aliphatic heterocycles. The van der Waals surface area contributed by atoms with Gasteiger partial charge in [-0.05, 0) is 55.1 Å². The van der Waals surface area contributed by atoms with E-state index in [4.69, 9.17) is 10.5 Å². The smallest absolute Gasteiger partial charge is 0.119 e. The molecule has 0 aromatic heterocycles. The number of allylic oxidation sites excluding steroid dienone is 3. The fraction of sp³-hybridized carbons (Fsp3) is 0.280. The van der Waals surface area contributed by atoms with E-state index in [1.54, 1.807) is 0 Å². The third kappa shape index (κ3) is 8.38. The largest absolute Gasteiger partial charge is 0.489 e. The summed E-state index contributed by atoms with van der Waals surface area (Å²) in [6.07, 6.45) is 9.77. The molecule has 1 atom stereocenters. The maximum absolute atomic E-state index is 6.30. The van der Waals surface area contributed by atoms with E-state index in [2.05, 4.69) is 42.2 Å². The van der Waals surface area contributed by atoms with Gasteiger partial charge in [0.2, 0.25) is 0 Å². The molecule has 28 heavy (non-hydrogen) atoms. The summed E-state index contributed by atoms with van der Waals surface area (Å²) in [5, 5.41) is 3.45. The molecule has 0 fully saturated rings. The van der Waals surface area contributed by atoms with E-state index in [0.717, 1.165) is 31.7 Å². The highest BCUT2D eigenvalue weighted by atomic mass is 16.5. The van der Waals surface area contributed by atoms with Crippen molar-refractivity contribution in [1.82, 2.24) is 5.32 Å². The van der Waals surface area contributed by atoms with E-state index >= 15 is 0 Å². The summed E-state index contributed by atoms with van der Waals surface area (Å²) >= 11 is 0. The average Bonchev–Trinajstić information content (AvgIpc) is 2.72. The van der Waals surface area contributed by atoms with Gasteiger partial charge in [-0.25, -0.2) is 0 Å². The van der Waals surface area contributed by atoms with Crippen molar-refractivity contribution in [3.8, 4) is 5.75 Å². The summed E-state index contributed by atoms with van der Waals surface area (Å²) in [6.45, 7) is 8.08. The summed E-state index contributed by atoms with van der Waals surface area (Å²) < 4.78 is 5.83. The van der Waals surface area contributed by atoms with Gasteiger partial charge < -0.3 is 15.8 Å². The summed E-state index contributed by atoms with van der Waals surface area (Å²) in [7, 11) is 0. The molecule has 148 valence electrons. The lowest BCUT2D eigenvalue weighted by molar-refractivity contribution is 0.306. The number of hydrogen-bond acceptors (Lipinski definition) is 3. The summed E-state index contributed by atoms with van der Waals surface area (Å²) in [6, 6.07) is 18.6. The lowest BCUT2D eigenvalue weighted by Gasteiger charge is -2.13. The number of hydrogen-bond donors (Lipinski definition) is 2. The van der Waals surface area contributed by atoms with Crippen LogP contribution in [0.5, 0.6) is 5.75 Å². The Hall–Kier alpha value is -2.62. The molecule has 3 N–H and O–H groups in total. The van der Waals surface area contributed by atoms with E-state index in [1.165, 1.54) is 16.7 Å². The van der Waals surface area contributed by atoms with Crippen LogP contribution in [0.4, 0.5) is 0 Å². The standard InChI is InChI=1S/C25H32N2O/c1-3-8-22(9-4-2)19-27-17-16-24(26)18-21-12-14-25(15-13-21)28-20-23-10-6-5-7-11-23/h3-15,24,27H,1,16-20,26H2,2H3/b9-4-,22-8+. The van der Waals surface area contributed by atoms with E-state index in [9.17, 15) is 0 Å². The minimum Gasteiger partial charge on any atom is -0.489 e. The second-order valence-corrected chi connectivity index (χ2v) is 6.83. The van der Waals surface area contributed by atoms with E-state index in [1.807, 2.05) is 55.5 Å².